The molecule has 0 bridgehead atoms. The third-order valence-corrected chi connectivity index (χ3v) is 4.49. The Balaban J connectivity index is 1.94. The van der Waals surface area contributed by atoms with Crippen LogP contribution in [-0.4, -0.2) is 7.11 Å². The summed E-state index contributed by atoms with van der Waals surface area (Å²) in [4.78, 5) is 24.1. The van der Waals surface area contributed by atoms with Gasteiger partial charge in [0.15, 0.2) is 0 Å². The fraction of sp³-hybridized carbons (Fsp3) is 0.200. The molecule has 0 heterocycles. The maximum atomic E-state index is 12.1. The highest BCUT2D eigenvalue weighted by Gasteiger charge is 2.22. The van der Waals surface area contributed by atoms with Crippen LogP contribution >= 0.6 is 11.6 Å². The summed E-state index contributed by atoms with van der Waals surface area (Å²) in [5, 5.41) is 3.43. The lowest BCUT2D eigenvalue weighted by atomic mass is 9.95. The highest BCUT2D eigenvalue weighted by Crippen LogP contribution is 2.31. The van der Waals surface area contributed by atoms with E-state index in [2.05, 4.69) is 19.2 Å². The van der Waals surface area contributed by atoms with E-state index in [1.165, 1.54) is 12.7 Å². The van der Waals surface area contributed by atoms with Gasteiger partial charge in [-0.3, -0.25) is 9.59 Å². The number of rotatable bonds is 5. The molecule has 5 heteroatoms. The zero-order chi connectivity index (χ0) is 18.1. The van der Waals surface area contributed by atoms with Crippen molar-refractivity contribution >= 4 is 23.0 Å². The van der Waals surface area contributed by atoms with Crippen LogP contribution in [0.3, 0.4) is 0 Å². The van der Waals surface area contributed by atoms with Crippen molar-refractivity contribution in [2.75, 3.05) is 12.4 Å². The molecule has 3 aromatic rings. The summed E-state index contributed by atoms with van der Waals surface area (Å²) >= 11 is 6.11. The predicted octanol–water partition coefficient (Wildman–Crippen LogP) is 4.48. The molecule has 3 rings (SSSR count). The van der Waals surface area contributed by atoms with Gasteiger partial charge >= 0.3 is 0 Å². The first kappa shape index (κ1) is 17.2. The lowest BCUT2D eigenvalue weighted by Crippen LogP contribution is -2.35. The molecule has 3 aromatic carbocycles. The molecule has 0 aromatic heterocycles. The second-order valence-electron chi connectivity index (χ2n) is 6.16. The van der Waals surface area contributed by atoms with Crippen molar-refractivity contribution in [3.05, 3.63) is 73.5 Å². The minimum absolute atomic E-state index is 0.295. The van der Waals surface area contributed by atoms with Crippen LogP contribution in [0.4, 0.5) is 11.4 Å². The Morgan fingerprint density at radius 2 is 1.68 bits per heavy atom. The van der Waals surface area contributed by atoms with E-state index in [0.29, 0.717) is 33.6 Å². The summed E-state index contributed by atoms with van der Waals surface area (Å²) in [7, 11) is 1.53. The zero-order valence-corrected chi connectivity index (χ0v) is 15.0. The number of nitrogens with one attached hydrogen (secondary N) is 1. The first-order valence-corrected chi connectivity index (χ1v) is 8.34. The van der Waals surface area contributed by atoms with Gasteiger partial charge in [-0.15, -0.1) is 0 Å². The molecule has 0 atom stereocenters. The monoisotopic (exact) mass is 355 g/mol. The third kappa shape index (κ3) is 3.17. The minimum Gasteiger partial charge on any atom is -0.495 e. The van der Waals surface area contributed by atoms with Crippen molar-refractivity contribution in [3.63, 3.8) is 0 Å². The van der Waals surface area contributed by atoms with Gasteiger partial charge in [0.05, 0.1) is 17.7 Å². The molecule has 0 amide bonds. The van der Waals surface area contributed by atoms with E-state index in [9.17, 15) is 9.59 Å². The molecule has 25 heavy (non-hydrogen) atoms. The molecule has 0 radical (unpaired) electrons. The number of benzene rings is 2. The van der Waals surface area contributed by atoms with Gasteiger partial charge in [-0.25, -0.2) is 0 Å². The molecule has 0 aliphatic carbocycles. The van der Waals surface area contributed by atoms with Crippen LogP contribution in [0.15, 0.2) is 52.1 Å². The molecule has 128 valence electrons. The molecular formula is C20H18ClNO3. The molecule has 0 saturated heterocycles. The van der Waals surface area contributed by atoms with Crippen molar-refractivity contribution < 1.29 is 4.74 Å². The molecular weight excluding hydrogens is 338 g/mol. The van der Waals surface area contributed by atoms with Crippen molar-refractivity contribution in [1.29, 1.82) is 0 Å². The molecule has 0 spiro atoms. The van der Waals surface area contributed by atoms with E-state index in [-0.39, 0.29) is 0 Å². The molecule has 0 saturated carbocycles. The standard InChI is InChI=1S/C20H18ClNO3/c1-11(2)12-4-6-13(7-5-12)17-18(20(24)19(17)23)22-14-8-9-16(25-3)15(21)10-14/h4-11,22H,1-3H3. The SMILES string of the molecule is COc1ccc(Nc2c(-c3ccc(C(C)C)cc3)c(=O)c2=O)cc1Cl. The number of hydrogen-bond donors (Lipinski definition) is 1. The Labute approximate surface area is 150 Å². The van der Waals surface area contributed by atoms with Crippen LogP contribution in [0, 0.1) is 0 Å². The van der Waals surface area contributed by atoms with Crippen molar-refractivity contribution in [3.8, 4) is 16.9 Å². The molecule has 0 aliphatic rings. The Bertz CT molecular complexity index is 983. The lowest BCUT2D eigenvalue weighted by Gasteiger charge is -2.15. The molecule has 0 unspecified atom stereocenters. The van der Waals surface area contributed by atoms with E-state index in [1.54, 1.807) is 18.2 Å². The van der Waals surface area contributed by atoms with E-state index in [0.717, 1.165) is 5.56 Å². The highest BCUT2D eigenvalue weighted by molar-refractivity contribution is 6.32. The normalized spacial score (nSPS) is 11.1. The van der Waals surface area contributed by atoms with Gasteiger partial charge in [0.1, 0.15) is 11.4 Å². The Hall–Kier alpha value is -2.59. The molecule has 0 fully saturated rings. The lowest BCUT2D eigenvalue weighted by molar-refractivity contribution is 0.415. The molecule has 0 aliphatic heterocycles. The van der Waals surface area contributed by atoms with E-state index in [4.69, 9.17) is 16.3 Å². The van der Waals surface area contributed by atoms with Crippen LogP contribution in [0.25, 0.3) is 11.1 Å². The summed E-state index contributed by atoms with van der Waals surface area (Å²) in [6.07, 6.45) is 0. The van der Waals surface area contributed by atoms with Crippen LogP contribution in [-0.2, 0) is 0 Å². The van der Waals surface area contributed by atoms with Gasteiger partial charge in [0, 0.05) is 5.69 Å². The quantitative estimate of drug-likeness (QED) is 0.686. The predicted molar refractivity (Wildman–Crippen MR) is 102 cm³/mol. The summed E-state index contributed by atoms with van der Waals surface area (Å²) in [6, 6.07) is 12.8. The van der Waals surface area contributed by atoms with Gasteiger partial charge in [-0.05, 0) is 35.2 Å². The van der Waals surface area contributed by atoms with Crippen molar-refractivity contribution in [2.45, 2.75) is 19.8 Å². The van der Waals surface area contributed by atoms with Gasteiger partial charge in [0.25, 0.3) is 5.43 Å². The number of hydrogen-bond acceptors (Lipinski definition) is 4. The maximum absolute atomic E-state index is 12.1. The Kier molecular flexibility index (Phi) is 4.64. The second-order valence-corrected chi connectivity index (χ2v) is 6.57. The third-order valence-electron chi connectivity index (χ3n) is 4.20. The average molecular weight is 356 g/mol. The average Bonchev–Trinajstić information content (AvgIpc) is 2.61. The van der Waals surface area contributed by atoms with Gasteiger partial charge in [-0.1, -0.05) is 49.7 Å². The van der Waals surface area contributed by atoms with E-state index < -0.39 is 10.9 Å². The summed E-state index contributed by atoms with van der Waals surface area (Å²) in [5.41, 5.74) is 2.25. The first-order valence-electron chi connectivity index (χ1n) is 7.96. The van der Waals surface area contributed by atoms with Crippen molar-refractivity contribution in [1.82, 2.24) is 0 Å². The number of ether oxygens (including phenoxy) is 1. The Morgan fingerprint density at radius 1 is 1.00 bits per heavy atom. The Morgan fingerprint density at radius 3 is 2.24 bits per heavy atom. The first-order chi connectivity index (χ1) is 11.9. The fourth-order valence-corrected chi connectivity index (χ4v) is 2.97. The summed E-state index contributed by atoms with van der Waals surface area (Å²) in [6.45, 7) is 4.21. The second kappa shape index (κ2) is 6.73. The number of halogens is 1. The van der Waals surface area contributed by atoms with E-state index in [1.807, 2.05) is 24.3 Å². The molecule has 1 N–H and O–H groups in total. The van der Waals surface area contributed by atoms with Crippen LogP contribution in [0.1, 0.15) is 25.3 Å². The van der Waals surface area contributed by atoms with Gasteiger partial charge in [0.2, 0.25) is 5.43 Å². The van der Waals surface area contributed by atoms with Crippen LogP contribution in [0.2, 0.25) is 5.02 Å². The fourth-order valence-electron chi connectivity index (χ4n) is 2.71. The van der Waals surface area contributed by atoms with Crippen molar-refractivity contribution in [2.24, 2.45) is 0 Å². The van der Waals surface area contributed by atoms with Crippen LogP contribution in [0.5, 0.6) is 5.75 Å². The number of anilines is 2. The summed E-state index contributed by atoms with van der Waals surface area (Å²) < 4.78 is 5.11. The smallest absolute Gasteiger partial charge is 0.250 e. The van der Waals surface area contributed by atoms with Gasteiger partial charge in [-0.2, -0.15) is 0 Å². The topological polar surface area (TPSA) is 55.4 Å². The minimum atomic E-state index is -0.519. The zero-order valence-electron chi connectivity index (χ0n) is 14.2. The van der Waals surface area contributed by atoms with Crippen LogP contribution < -0.4 is 20.9 Å². The largest absolute Gasteiger partial charge is 0.495 e. The maximum Gasteiger partial charge on any atom is 0.250 e. The number of methoxy groups -OCH3 is 1. The van der Waals surface area contributed by atoms with E-state index >= 15 is 0 Å². The van der Waals surface area contributed by atoms with Gasteiger partial charge < -0.3 is 10.1 Å². The molecule has 4 nitrogen and oxygen atoms in total. The highest BCUT2D eigenvalue weighted by atomic mass is 35.5. The summed E-state index contributed by atoms with van der Waals surface area (Å²) in [5.74, 6) is 0.947.